The number of piperidine rings is 1. The third kappa shape index (κ3) is 3.16. The van der Waals surface area contributed by atoms with Gasteiger partial charge in [0.25, 0.3) is 0 Å². The van der Waals surface area contributed by atoms with Crippen molar-refractivity contribution in [1.82, 2.24) is 14.5 Å². The molecule has 0 radical (unpaired) electrons. The Morgan fingerprint density at radius 2 is 2.12 bits per heavy atom. The van der Waals surface area contributed by atoms with Gasteiger partial charge in [-0.1, -0.05) is 18.3 Å². The Labute approximate surface area is 108 Å². The maximum absolute atomic E-state index is 4.20. The molecule has 1 aromatic heterocycles. The number of anilines is 1. The molecular weight excluding hydrogens is 232 g/mol. The minimum absolute atomic E-state index is 0.825. The van der Waals surface area contributed by atoms with Crippen molar-refractivity contribution in [1.29, 1.82) is 0 Å². The minimum atomic E-state index is 0.825. The Morgan fingerprint density at radius 1 is 1.41 bits per heavy atom. The molecule has 0 atom stereocenters. The monoisotopic (exact) mass is 254 g/mol. The van der Waals surface area contributed by atoms with E-state index in [9.17, 15) is 0 Å². The minimum Gasteiger partial charge on any atom is -0.377 e. The van der Waals surface area contributed by atoms with Crippen LogP contribution in [-0.4, -0.2) is 34.6 Å². The largest absolute Gasteiger partial charge is 0.377 e. The van der Waals surface area contributed by atoms with Gasteiger partial charge < -0.3 is 5.32 Å². The Kier molecular flexibility index (Phi) is 4.34. The average molecular weight is 254 g/mol. The summed E-state index contributed by atoms with van der Waals surface area (Å²) in [6, 6.07) is 0. The Bertz CT molecular complexity index is 342. The van der Waals surface area contributed by atoms with Crippen LogP contribution in [0.2, 0.25) is 0 Å². The number of nitrogens with one attached hydrogen (secondary N) is 1. The number of aromatic nitrogens is 2. The van der Waals surface area contributed by atoms with Crippen LogP contribution >= 0.6 is 11.5 Å². The number of hydrogen-bond acceptors (Lipinski definition) is 5. The Balaban J connectivity index is 1.86. The molecule has 0 aliphatic carbocycles. The lowest BCUT2D eigenvalue weighted by Gasteiger charge is -2.33. The quantitative estimate of drug-likeness (QED) is 0.896. The second-order valence-electron chi connectivity index (χ2n) is 5.16. The zero-order valence-corrected chi connectivity index (χ0v) is 11.8. The van der Waals surface area contributed by atoms with Crippen molar-refractivity contribution in [3.63, 3.8) is 0 Å². The summed E-state index contributed by atoms with van der Waals surface area (Å²) in [7, 11) is 1.93. The van der Waals surface area contributed by atoms with Crippen LogP contribution in [0.3, 0.4) is 0 Å². The van der Waals surface area contributed by atoms with E-state index in [1.54, 1.807) is 0 Å². The highest BCUT2D eigenvalue weighted by atomic mass is 32.1. The molecule has 2 rings (SSSR count). The first-order chi connectivity index (χ1) is 8.20. The summed E-state index contributed by atoms with van der Waals surface area (Å²) in [6.45, 7) is 8.01. The third-order valence-electron chi connectivity index (χ3n) is 3.73. The summed E-state index contributed by atoms with van der Waals surface area (Å²) in [5, 5.41) is 8.47. The molecule has 0 spiro atoms. The van der Waals surface area contributed by atoms with E-state index < -0.39 is 0 Å². The van der Waals surface area contributed by atoms with E-state index in [0.29, 0.717) is 0 Å². The van der Waals surface area contributed by atoms with E-state index in [2.05, 4.69) is 33.7 Å². The normalized spacial score (nSPS) is 18.8. The van der Waals surface area contributed by atoms with E-state index in [-0.39, 0.29) is 0 Å². The predicted molar refractivity (Wildman–Crippen MR) is 72.3 cm³/mol. The van der Waals surface area contributed by atoms with Crippen LogP contribution in [0.5, 0.6) is 0 Å². The van der Waals surface area contributed by atoms with Gasteiger partial charge in [0.2, 0.25) is 0 Å². The van der Waals surface area contributed by atoms with Gasteiger partial charge in [-0.15, -0.1) is 5.10 Å². The highest BCUT2D eigenvalue weighted by Gasteiger charge is 2.22. The predicted octanol–water partition coefficient (Wildman–Crippen LogP) is 2.45. The van der Waals surface area contributed by atoms with Gasteiger partial charge in [-0.05, 0) is 37.8 Å². The molecule has 1 fully saturated rings. The SMILES string of the molecule is CNc1snnc1CN1CCC(C(C)C)CC1. The third-order valence-corrected chi connectivity index (χ3v) is 4.52. The van der Waals surface area contributed by atoms with Gasteiger partial charge in [-0.2, -0.15) is 0 Å². The lowest BCUT2D eigenvalue weighted by molar-refractivity contribution is 0.151. The molecule has 1 N–H and O–H groups in total. The number of nitrogens with zero attached hydrogens (tertiary/aromatic N) is 3. The van der Waals surface area contributed by atoms with Crippen molar-refractivity contribution in [3.8, 4) is 0 Å². The molecule has 4 nitrogen and oxygen atoms in total. The molecule has 0 amide bonds. The van der Waals surface area contributed by atoms with Gasteiger partial charge >= 0.3 is 0 Å². The van der Waals surface area contributed by atoms with Crippen molar-refractivity contribution in [3.05, 3.63) is 5.69 Å². The molecule has 1 aliphatic rings. The molecular formula is C12H22N4S. The van der Waals surface area contributed by atoms with Gasteiger partial charge in [0.15, 0.2) is 0 Å². The Morgan fingerprint density at radius 3 is 2.71 bits per heavy atom. The van der Waals surface area contributed by atoms with E-state index in [0.717, 1.165) is 29.1 Å². The molecule has 1 aliphatic heterocycles. The summed E-state index contributed by atoms with van der Waals surface area (Å²) < 4.78 is 4.00. The van der Waals surface area contributed by atoms with Crippen molar-refractivity contribution < 1.29 is 0 Å². The molecule has 0 unspecified atom stereocenters. The molecule has 0 saturated carbocycles. The van der Waals surface area contributed by atoms with Gasteiger partial charge in [-0.3, -0.25) is 4.90 Å². The standard InChI is InChI=1S/C12H22N4S/c1-9(2)10-4-6-16(7-5-10)8-11-12(13-3)17-15-14-11/h9-10,13H,4-8H2,1-3H3. The summed E-state index contributed by atoms with van der Waals surface area (Å²) >= 11 is 1.44. The Hall–Kier alpha value is -0.680. The molecule has 5 heteroatoms. The van der Waals surface area contributed by atoms with Crippen LogP contribution < -0.4 is 5.32 Å². The van der Waals surface area contributed by atoms with Crippen LogP contribution in [0.4, 0.5) is 5.00 Å². The molecule has 2 heterocycles. The van der Waals surface area contributed by atoms with Crippen molar-refractivity contribution >= 4 is 16.5 Å². The zero-order chi connectivity index (χ0) is 12.3. The van der Waals surface area contributed by atoms with Gasteiger partial charge in [-0.25, -0.2) is 0 Å². The van der Waals surface area contributed by atoms with Crippen LogP contribution in [-0.2, 0) is 6.54 Å². The molecule has 1 saturated heterocycles. The van der Waals surface area contributed by atoms with E-state index in [1.165, 1.54) is 37.5 Å². The summed E-state index contributed by atoms with van der Waals surface area (Å²) in [5.74, 6) is 1.73. The fourth-order valence-corrected chi connectivity index (χ4v) is 3.01. The van der Waals surface area contributed by atoms with Gasteiger partial charge in [0, 0.05) is 25.1 Å². The van der Waals surface area contributed by atoms with Crippen LogP contribution in [0.25, 0.3) is 0 Å². The smallest absolute Gasteiger partial charge is 0.134 e. The van der Waals surface area contributed by atoms with Crippen molar-refractivity contribution in [2.75, 3.05) is 25.5 Å². The van der Waals surface area contributed by atoms with Crippen LogP contribution in [0, 0.1) is 11.8 Å². The fraction of sp³-hybridized carbons (Fsp3) is 0.833. The number of rotatable bonds is 4. The van der Waals surface area contributed by atoms with Crippen LogP contribution in [0.1, 0.15) is 32.4 Å². The lowest BCUT2D eigenvalue weighted by Crippen LogP contribution is -2.35. The van der Waals surface area contributed by atoms with E-state index in [1.807, 2.05) is 7.05 Å². The highest BCUT2D eigenvalue weighted by molar-refractivity contribution is 7.10. The number of likely N-dealkylation sites (tertiary alicyclic amines) is 1. The summed E-state index contributed by atoms with van der Waals surface area (Å²) in [6.07, 6.45) is 2.65. The zero-order valence-electron chi connectivity index (χ0n) is 10.9. The molecule has 96 valence electrons. The molecule has 0 aromatic carbocycles. The summed E-state index contributed by atoms with van der Waals surface area (Å²) in [5.41, 5.74) is 1.10. The first-order valence-electron chi connectivity index (χ1n) is 6.42. The topological polar surface area (TPSA) is 41.1 Å². The van der Waals surface area contributed by atoms with Crippen LogP contribution in [0.15, 0.2) is 0 Å². The molecule has 17 heavy (non-hydrogen) atoms. The summed E-state index contributed by atoms with van der Waals surface area (Å²) in [4.78, 5) is 2.50. The fourth-order valence-electron chi connectivity index (χ4n) is 2.49. The lowest BCUT2D eigenvalue weighted by atomic mass is 9.87. The van der Waals surface area contributed by atoms with Gasteiger partial charge in [0.05, 0.1) is 0 Å². The van der Waals surface area contributed by atoms with Crippen molar-refractivity contribution in [2.45, 2.75) is 33.2 Å². The van der Waals surface area contributed by atoms with E-state index in [4.69, 9.17) is 0 Å². The highest BCUT2D eigenvalue weighted by Crippen LogP contribution is 2.26. The first kappa shape index (κ1) is 12.8. The van der Waals surface area contributed by atoms with Gasteiger partial charge in [0.1, 0.15) is 10.7 Å². The second kappa shape index (κ2) is 5.78. The maximum Gasteiger partial charge on any atom is 0.134 e. The average Bonchev–Trinajstić information content (AvgIpc) is 2.77. The molecule has 1 aromatic rings. The molecule has 0 bridgehead atoms. The second-order valence-corrected chi connectivity index (χ2v) is 5.91. The number of hydrogen-bond donors (Lipinski definition) is 1. The van der Waals surface area contributed by atoms with Crippen molar-refractivity contribution in [2.24, 2.45) is 11.8 Å². The first-order valence-corrected chi connectivity index (χ1v) is 7.19. The van der Waals surface area contributed by atoms with E-state index >= 15 is 0 Å². The maximum atomic E-state index is 4.20.